The van der Waals surface area contributed by atoms with Crippen LogP contribution in [0.3, 0.4) is 0 Å². The van der Waals surface area contributed by atoms with Crippen molar-refractivity contribution in [1.82, 2.24) is 0 Å². The second-order valence-corrected chi connectivity index (χ2v) is 6.96. The van der Waals surface area contributed by atoms with Crippen LogP contribution in [0, 0.1) is 0 Å². The van der Waals surface area contributed by atoms with Gasteiger partial charge in [-0.05, 0) is 52.6 Å². The van der Waals surface area contributed by atoms with Gasteiger partial charge in [0.05, 0.1) is 0 Å². The van der Waals surface area contributed by atoms with Gasteiger partial charge in [0.15, 0.2) is 0 Å². The molecule has 132 valence electrons. The first-order valence-corrected chi connectivity index (χ1v) is 9.64. The zero-order valence-electron chi connectivity index (χ0n) is 15.5. The van der Waals surface area contributed by atoms with Gasteiger partial charge in [0.25, 0.3) is 0 Å². The van der Waals surface area contributed by atoms with E-state index in [-0.39, 0.29) is 0 Å². The lowest BCUT2D eigenvalue weighted by Gasteiger charge is -2.01. The van der Waals surface area contributed by atoms with Crippen LogP contribution in [0.15, 0.2) is 109 Å². The summed E-state index contributed by atoms with van der Waals surface area (Å²) in [6.45, 7) is 0. The molecule has 4 aromatic carbocycles. The molecular formula is C27H24. The number of benzene rings is 4. The average molecular weight is 348 g/mol. The van der Waals surface area contributed by atoms with Crippen molar-refractivity contribution in [3.05, 3.63) is 131 Å². The second kappa shape index (κ2) is 8.51. The van der Waals surface area contributed by atoms with Crippen molar-refractivity contribution in [3.8, 4) is 11.1 Å². The molecule has 5 rings (SSSR count). The maximum Gasteiger partial charge on any atom is -0.00135 e. The largest absolute Gasteiger partial charge is 0.0622 e. The average Bonchev–Trinajstić information content (AvgIpc) is 3.13. The van der Waals surface area contributed by atoms with Crippen molar-refractivity contribution in [2.45, 2.75) is 19.3 Å². The van der Waals surface area contributed by atoms with E-state index in [1.807, 2.05) is 0 Å². The van der Waals surface area contributed by atoms with Gasteiger partial charge in [-0.25, -0.2) is 0 Å². The third-order valence-corrected chi connectivity index (χ3v) is 5.09. The van der Waals surface area contributed by atoms with Gasteiger partial charge >= 0.3 is 0 Å². The van der Waals surface area contributed by atoms with Crippen LogP contribution in [-0.4, -0.2) is 0 Å². The highest BCUT2D eigenvalue weighted by molar-refractivity contribution is 5.76. The summed E-state index contributed by atoms with van der Waals surface area (Å²) < 4.78 is 0. The number of hydrogen-bond acceptors (Lipinski definition) is 0. The molecule has 0 aromatic heterocycles. The summed E-state index contributed by atoms with van der Waals surface area (Å²) in [4.78, 5) is 0. The Balaban J connectivity index is 0.000000134. The number of aryl methyl sites for hydroxylation is 2. The molecule has 0 aliphatic heterocycles. The van der Waals surface area contributed by atoms with Crippen LogP contribution < -0.4 is 0 Å². The molecule has 0 heteroatoms. The van der Waals surface area contributed by atoms with Crippen molar-refractivity contribution in [2.24, 2.45) is 0 Å². The molecule has 0 amide bonds. The zero-order chi connectivity index (χ0) is 18.3. The van der Waals surface area contributed by atoms with Crippen molar-refractivity contribution in [2.75, 3.05) is 0 Å². The molecule has 1 aliphatic carbocycles. The van der Waals surface area contributed by atoms with Crippen LogP contribution in [-0.2, 0) is 19.3 Å². The van der Waals surface area contributed by atoms with Gasteiger partial charge in [0.2, 0.25) is 0 Å². The second-order valence-electron chi connectivity index (χ2n) is 6.96. The maximum atomic E-state index is 2.22. The molecule has 4 aromatic rings. The lowest BCUT2D eigenvalue weighted by atomic mass is 10.0. The monoisotopic (exact) mass is 348 g/mol. The van der Waals surface area contributed by atoms with E-state index in [9.17, 15) is 0 Å². The topological polar surface area (TPSA) is 0 Å². The van der Waals surface area contributed by atoms with E-state index in [1.165, 1.54) is 33.4 Å². The first kappa shape index (κ1) is 17.3. The molecule has 0 atom stereocenters. The first-order valence-electron chi connectivity index (χ1n) is 9.64. The fourth-order valence-electron chi connectivity index (χ4n) is 3.66. The van der Waals surface area contributed by atoms with Gasteiger partial charge in [-0.15, -0.1) is 0 Å². The minimum absolute atomic E-state index is 1.10. The lowest BCUT2D eigenvalue weighted by Crippen LogP contribution is -1.89. The molecule has 1 aliphatic rings. The highest BCUT2D eigenvalue weighted by atomic mass is 14.2. The summed E-state index contributed by atoms with van der Waals surface area (Å²) in [5.41, 5.74) is 8.58. The van der Waals surface area contributed by atoms with E-state index in [1.54, 1.807) is 0 Å². The maximum absolute atomic E-state index is 2.22. The van der Waals surface area contributed by atoms with Gasteiger partial charge in [0.1, 0.15) is 0 Å². The highest BCUT2D eigenvalue weighted by Gasteiger charge is 2.15. The number of fused-ring (bicyclic) bond motifs is 3. The highest BCUT2D eigenvalue weighted by Crippen LogP contribution is 2.35. The molecule has 0 spiro atoms. The van der Waals surface area contributed by atoms with Gasteiger partial charge in [0, 0.05) is 0 Å². The summed E-state index contributed by atoms with van der Waals surface area (Å²) in [5.74, 6) is 0. The van der Waals surface area contributed by atoms with E-state index in [2.05, 4.69) is 109 Å². The molecule has 0 unspecified atom stereocenters. The van der Waals surface area contributed by atoms with Gasteiger partial charge in [-0.1, -0.05) is 109 Å². The van der Waals surface area contributed by atoms with Crippen LogP contribution >= 0.6 is 0 Å². The van der Waals surface area contributed by atoms with Gasteiger partial charge in [-0.3, -0.25) is 0 Å². The Kier molecular flexibility index (Phi) is 5.45. The third kappa shape index (κ3) is 4.35. The minimum atomic E-state index is 1.10. The van der Waals surface area contributed by atoms with Crippen molar-refractivity contribution >= 4 is 0 Å². The van der Waals surface area contributed by atoms with E-state index in [4.69, 9.17) is 0 Å². The van der Waals surface area contributed by atoms with Crippen LogP contribution in [0.4, 0.5) is 0 Å². The van der Waals surface area contributed by atoms with E-state index in [0.29, 0.717) is 0 Å². The summed E-state index contributed by atoms with van der Waals surface area (Å²) in [5, 5.41) is 0. The van der Waals surface area contributed by atoms with Crippen molar-refractivity contribution in [3.63, 3.8) is 0 Å². The van der Waals surface area contributed by atoms with Crippen molar-refractivity contribution < 1.29 is 0 Å². The molecule has 0 N–H and O–H groups in total. The molecule has 0 saturated heterocycles. The van der Waals surface area contributed by atoms with Gasteiger partial charge in [-0.2, -0.15) is 0 Å². The molecule has 0 fully saturated rings. The summed E-state index contributed by atoms with van der Waals surface area (Å²) in [6, 6.07) is 38.6. The van der Waals surface area contributed by atoms with Crippen LogP contribution in [0.5, 0.6) is 0 Å². The quantitative estimate of drug-likeness (QED) is 0.339. The normalized spacial score (nSPS) is 11.1. The van der Waals surface area contributed by atoms with Crippen LogP contribution in [0.25, 0.3) is 11.1 Å². The lowest BCUT2D eigenvalue weighted by molar-refractivity contribution is 0.960. The molecule has 0 heterocycles. The summed E-state index contributed by atoms with van der Waals surface area (Å²) in [6.07, 6.45) is 3.36. The SMILES string of the molecule is c1ccc(CCc2ccccc2)cc1.c1ccc2c(c1)Cc1ccccc1-2. The Labute approximate surface area is 162 Å². The van der Waals surface area contributed by atoms with Crippen LogP contribution in [0.1, 0.15) is 22.3 Å². The van der Waals surface area contributed by atoms with Crippen molar-refractivity contribution in [1.29, 1.82) is 0 Å². The zero-order valence-corrected chi connectivity index (χ0v) is 15.5. The third-order valence-electron chi connectivity index (χ3n) is 5.09. The number of rotatable bonds is 3. The van der Waals surface area contributed by atoms with E-state index >= 15 is 0 Å². The minimum Gasteiger partial charge on any atom is -0.0622 e. The Hall–Kier alpha value is -3.12. The predicted octanol–water partition coefficient (Wildman–Crippen LogP) is 6.73. The summed E-state index contributed by atoms with van der Waals surface area (Å²) >= 11 is 0. The Bertz CT molecular complexity index is 901. The number of hydrogen-bond donors (Lipinski definition) is 0. The van der Waals surface area contributed by atoms with Crippen LogP contribution in [0.2, 0.25) is 0 Å². The molecule has 0 radical (unpaired) electrons. The molecule has 27 heavy (non-hydrogen) atoms. The first-order chi connectivity index (χ1) is 13.4. The molecule has 0 saturated carbocycles. The summed E-state index contributed by atoms with van der Waals surface area (Å²) in [7, 11) is 0. The van der Waals surface area contributed by atoms with E-state index in [0.717, 1.165) is 19.3 Å². The molecule has 0 nitrogen and oxygen atoms in total. The van der Waals surface area contributed by atoms with E-state index < -0.39 is 0 Å². The Morgan fingerprint density at radius 3 is 1.22 bits per heavy atom. The molecular weight excluding hydrogens is 324 g/mol. The predicted molar refractivity (Wildman–Crippen MR) is 115 cm³/mol. The van der Waals surface area contributed by atoms with Gasteiger partial charge < -0.3 is 0 Å². The smallest absolute Gasteiger partial charge is 0.00135 e. The fraction of sp³-hybridized carbons (Fsp3) is 0.111. The fourth-order valence-corrected chi connectivity index (χ4v) is 3.66. The molecule has 0 bridgehead atoms. The Morgan fingerprint density at radius 1 is 0.407 bits per heavy atom. The standard InChI is InChI=1S/C14H14.C13H10/c1-3-7-13(8-4-1)11-12-14-9-5-2-6-10-14;1-3-7-12-10(5-1)9-11-6-2-4-8-13(11)12/h1-10H,11-12H2;1-8H,9H2. The Morgan fingerprint density at radius 2 is 0.778 bits per heavy atom.